The van der Waals surface area contributed by atoms with Crippen LogP contribution >= 0.6 is 0 Å². The summed E-state index contributed by atoms with van der Waals surface area (Å²) in [6, 6.07) is 0. The summed E-state index contributed by atoms with van der Waals surface area (Å²) in [4.78, 5) is 21.3. The Bertz CT molecular complexity index is 218. The highest BCUT2D eigenvalue weighted by molar-refractivity contribution is 5.87. The highest BCUT2D eigenvalue weighted by Crippen LogP contribution is 1.95. The molecule has 0 aromatic rings. The molecule has 0 rings (SSSR count). The highest BCUT2D eigenvalue weighted by atomic mass is 16.7. The first-order valence-corrected chi connectivity index (χ1v) is 4.03. The molecule has 4 heteroatoms. The van der Waals surface area contributed by atoms with Crippen LogP contribution in [0.5, 0.6) is 0 Å². The molecule has 0 unspecified atom stereocenters. The van der Waals surface area contributed by atoms with Crippen molar-refractivity contribution in [2.75, 3.05) is 13.2 Å². The van der Waals surface area contributed by atoms with Crippen LogP contribution in [0.25, 0.3) is 0 Å². The molecule has 0 aliphatic rings. The van der Waals surface area contributed by atoms with Gasteiger partial charge in [-0.1, -0.05) is 0 Å². The van der Waals surface area contributed by atoms with E-state index in [-0.39, 0.29) is 19.0 Å². The number of carbonyl (C=O) groups is 2. The molecule has 0 heterocycles. The summed E-state index contributed by atoms with van der Waals surface area (Å²) in [6.07, 6.45) is 0.706. The Balaban J connectivity index is 3.76. The van der Waals surface area contributed by atoms with Gasteiger partial charge in [0.05, 0.1) is 6.61 Å². The van der Waals surface area contributed by atoms with Crippen LogP contribution in [0.1, 0.15) is 20.8 Å². The van der Waals surface area contributed by atoms with Crippen LogP contribution in [0.4, 0.5) is 4.79 Å². The fraction of sp³-hybridized carbons (Fsp3) is 0.556. The van der Waals surface area contributed by atoms with Gasteiger partial charge in [-0.15, -0.1) is 0 Å². The number of hydrogen-bond acceptors (Lipinski definition) is 4. The molecule has 74 valence electrons. The van der Waals surface area contributed by atoms with Gasteiger partial charge in [0.25, 0.3) is 0 Å². The van der Waals surface area contributed by atoms with Gasteiger partial charge >= 0.3 is 6.16 Å². The SMILES string of the molecule is CCOC(=O)OC/C(C)=C\C(C)=O. The third-order valence-corrected chi connectivity index (χ3v) is 1.13. The Morgan fingerprint density at radius 1 is 1.23 bits per heavy atom. The molecule has 0 radical (unpaired) electrons. The molecule has 0 aliphatic carbocycles. The van der Waals surface area contributed by atoms with E-state index >= 15 is 0 Å². The Hall–Kier alpha value is -1.32. The van der Waals surface area contributed by atoms with Crippen LogP contribution in [-0.4, -0.2) is 25.2 Å². The zero-order valence-electron chi connectivity index (χ0n) is 8.12. The molecule has 0 spiro atoms. The summed E-state index contributed by atoms with van der Waals surface area (Å²) in [5.74, 6) is -0.0649. The average Bonchev–Trinajstić information content (AvgIpc) is 2.00. The largest absolute Gasteiger partial charge is 0.508 e. The van der Waals surface area contributed by atoms with E-state index in [1.165, 1.54) is 13.0 Å². The summed E-state index contributed by atoms with van der Waals surface area (Å²) in [5.41, 5.74) is 0.695. The quantitative estimate of drug-likeness (QED) is 0.495. The Morgan fingerprint density at radius 2 is 1.85 bits per heavy atom. The van der Waals surface area contributed by atoms with Crippen LogP contribution in [0, 0.1) is 0 Å². The van der Waals surface area contributed by atoms with Crippen LogP contribution in [-0.2, 0) is 14.3 Å². The first-order chi connectivity index (χ1) is 6.06. The molecule has 0 bridgehead atoms. The first-order valence-electron chi connectivity index (χ1n) is 4.03. The topological polar surface area (TPSA) is 52.6 Å². The molecular weight excluding hydrogens is 172 g/mol. The molecule has 4 nitrogen and oxygen atoms in total. The standard InChI is InChI=1S/C9H14O4/c1-4-12-9(11)13-6-7(2)5-8(3)10/h5H,4,6H2,1-3H3/b7-5-. The Labute approximate surface area is 77.5 Å². The number of hydrogen-bond donors (Lipinski definition) is 0. The van der Waals surface area contributed by atoms with Crippen molar-refractivity contribution in [2.24, 2.45) is 0 Å². The molecule has 0 amide bonds. The van der Waals surface area contributed by atoms with E-state index in [2.05, 4.69) is 9.47 Å². The predicted octanol–water partition coefficient (Wildman–Crippen LogP) is 1.69. The Kier molecular flexibility index (Phi) is 5.59. The molecular formula is C9H14O4. The molecule has 0 aliphatic heterocycles. The number of carbonyl (C=O) groups excluding carboxylic acids is 2. The maximum atomic E-state index is 10.7. The maximum Gasteiger partial charge on any atom is 0.508 e. The van der Waals surface area contributed by atoms with Crippen LogP contribution in [0.3, 0.4) is 0 Å². The fourth-order valence-corrected chi connectivity index (χ4v) is 0.721. The summed E-state index contributed by atoms with van der Waals surface area (Å²) in [5, 5.41) is 0. The van der Waals surface area contributed by atoms with Crippen molar-refractivity contribution < 1.29 is 19.1 Å². The van der Waals surface area contributed by atoms with E-state index in [1.807, 2.05) is 0 Å². The van der Waals surface area contributed by atoms with Crippen LogP contribution in [0.2, 0.25) is 0 Å². The molecule has 0 saturated carbocycles. The number of ether oxygens (including phenoxy) is 2. The van der Waals surface area contributed by atoms with E-state index < -0.39 is 6.16 Å². The average molecular weight is 186 g/mol. The highest BCUT2D eigenvalue weighted by Gasteiger charge is 2.01. The minimum Gasteiger partial charge on any atom is -0.435 e. The maximum absolute atomic E-state index is 10.7. The lowest BCUT2D eigenvalue weighted by molar-refractivity contribution is -0.112. The van der Waals surface area contributed by atoms with E-state index in [9.17, 15) is 9.59 Å². The molecule has 0 saturated heterocycles. The van der Waals surface area contributed by atoms with Gasteiger partial charge in [-0.25, -0.2) is 4.79 Å². The molecule has 0 aromatic heterocycles. The second kappa shape index (κ2) is 6.22. The second-order valence-electron chi connectivity index (χ2n) is 2.57. The van der Waals surface area contributed by atoms with Gasteiger partial charge in [0.1, 0.15) is 6.61 Å². The minimum absolute atomic E-state index is 0.0649. The lowest BCUT2D eigenvalue weighted by Gasteiger charge is -2.03. The lowest BCUT2D eigenvalue weighted by Crippen LogP contribution is -2.09. The van der Waals surface area contributed by atoms with Gasteiger partial charge in [-0.05, 0) is 32.4 Å². The van der Waals surface area contributed by atoms with E-state index in [1.54, 1.807) is 13.8 Å². The van der Waals surface area contributed by atoms with Gasteiger partial charge in [-0.2, -0.15) is 0 Å². The molecule has 0 aromatic carbocycles. The smallest absolute Gasteiger partial charge is 0.435 e. The predicted molar refractivity (Wildman–Crippen MR) is 47.4 cm³/mol. The van der Waals surface area contributed by atoms with Crippen LogP contribution in [0.15, 0.2) is 11.6 Å². The van der Waals surface area contributed by atoms with Gasteiger partial charge in [-0.3, -0.25) is 4.79 Å². The van der Waals surface area contributed by atoms with Crippen molar-refractivity contribution >= 4 is 11.9 Å². The van der Waals surface area contributed by atoms with E-state index in [0.29, 0.717) is 5.57 Å². The first kappa shape index (κ1) is 11.7. The van der Waals surface area contributed by atoms with Gasteiger partial charge in [0.2, 0.25) is 0 Å². The number of ketones is 1. The van der Waals surface area contributed by atoms with Crippen molar-refractivity contribution in [3.05, 3.63) is 11.6 Å². The fourth-order valence-electron chi connectivity index (χ4n) is 0.721. The van der Waals surface area contributed by atoms with Gasteiger partial charge in [0.15, 0.2) is 5.78 Å². The summed E-state index contributed by atoms with van der Waals surface area (Å²) < 4.78 is 9.19. The molecule has 0 atom stereocenters. The summed E-state index contributed by atoms with van der Waals surface area (Å²) in [6.45, 7) is 5.22. The van der Waals surface area contributed by atoms with Crippen molar-refractivity contribution in [3.8, 4) is 0 Å². The molecule has 0 N–H and O–H groups in total. The number of rotatable bonds is 4. The van der Waals surface area contributed by atoms with Crippen molar-refractivity contribution in [1.82, 2.24) is 0 Å². The molecule has 0 fully saturated rings. The van der Waals surface area contributed by atoms with Gasteiger partial charge in [0, 0.05) is 0 Å². The normalized spacial score (nSPS) is 10.8. The van der Waals surface area contributed by atoms with Crippen molar-refractivity contribution in [3.63, 3.8) is 0 Å². The monoisotopic (exact) mass is 186 g/mol. The van der Waals surface area contributed by atoms with E-state index in [0.717, 1.165) is 0 Å². The minimum atomic E-state index is -0.709. The third kappa shape index (κ3) is 7.05. The summed E-state index contributed by atoms with van der Waals surface area (Å²) >= 11 is 0. The lowest BCUT2D eigenvalue weighted by atomic mass is 10.2. The third-order valence-electron chi connectivity index (χ3n) is 1.13. The second-order valence-corrected chi connectivity index (χ2v) is 2.57. The van der Waals surface area contributed by atoms with Gasteiger partial charge < -0.3 is 9.47 Å². The molecule has 13 heavy (non-hydrogen) atoms. The van der Waals surface area contributed by atoms with Crippen molar-refractivity contribution in [1.29, 1.82) is 0 Å². The zero-order chi connectivity index (χ0) is 10.3. The van der Waals surface area contributed by atoms with Crippen LogP contribution < -0.4 is 0 Å². The number of allylic oxidation sites excluding steroid dienone is 1. The summed E-state index contributed by atoms with van der Waals surface area (Å²) in [7, 11) is 0. The van der Waals surface area contributed by atoms with E-state index in [4.69, 9.17) is 0 Å². The zero-order valence-corrected chi connectivity index (χ0v) is 8.12. The Morgan fingerprint density at radius 3 is 2.31 bits per heavy atom. The van der Waals surface area contributed by atoms with Crippen molar-refractivity contribution in [2.45, 2.75) is 20.8 Å².